The Kier molecular flexibility index (Phi) is 5.95. The molecule has 0 saturated heterocycles. The molecule has 7 heteroatoms. The molecule has 1 aromatic carbocycles. The first-order valence-electron chi connectivity index (χ1n) is 7.54. The molecule has 0 amide bonds. The first-order valence-corrected chi connectivity index (χ1v) is 7.54. The Balaban J connectivity index is 2.23. The van der Waals surface area contributed by atoms with Crippen LogP contribution in [0, 0.1) is 6.92 Å². The molecule has 0 fully saturated rings. The normalized spacial score (nSPS) is 11.2. The van der Waals surface area contributed by atoms with E-state index in [0.717, 1.165) is 22.6 Å². The highest BCUT2D eigenvalue weighted by Crippen LogP contribution is 2.23. The average Bonchev–Trinajstić information content (AvgIpc) is 2.95. The maximum absolute atomic E-state index is 11.9. The van der Waals surface area contributed by atoms with Gasteiger partial charge in [0.1, 0.15) is 12.9 Å². The number of oxime groups is 1. The predicted octanol–water partition coefficient (Wildman–Crippen LogP) is 2.43. The molecule has 2 rings (SSSR count). The molecule has 1 heterocycles. The first-order chi connectivity index (χ1) is 11.6. The summed E-state index contributed by atoms with van der Waals surface area (Å²) >= 11 is 0. The molecule has 24 heavy (non-hydrogen) atoms. The molecule has 0 aliphatic carbocycles. The minimum atomic E-state index is -0.515. The van der Waals surface area contributed by atoms with Gasteiger partial charge in [0, 0.05) is 11.8 Å². The van der Waals surface area contributed by atoms with E-state index in [1.165, 1.54) is 7.11 Å². The van der Waals surface area contributed by atoms with Gasteiger partial charge in [-0.05, 0) is 43.7 Å². The lowest BCUT2D eigenvalue weighted by Crippen LogP contribution is -2.23. The second kappa shape index (κ2) is 8.14. The molecular weight excluding hydrogens is 310 g/mol. The zero-order chi connectivity index (χ0) is 17.5. The standard InChI is InChI=1S/C17H21N3O4/c1-5-24-17(21)15(19-23-4)11-20-10-12(2)16(18-20)13-6-8-14(22-3)9-7-13/h6-10H,5,11H2,1-4H3. The number of benzene rings is 1. The largest absolute Gasteiger partial charge is 0.497 e. The van der Waals surface area contributed by atoms with Crippen LogP contribution in [-0.4, -0.2) is 42.3 Å². The second-order valence-electron chi connectivity index (χ2n) is 5.03. The SMILES string of the molecule is CCOC(=O)C(Cn1cc(C)c(-c2ccc(OC)cc2)n1)=NOC. The van der Waals surface area contributed by atoms with E-state index in [4.69, 9.17) is 14.3 Å². The molecule has 128 valence electrons. The summed E-state index contributed by atoms with van der Waals surface area (Å²) in [6.45, 7) is 4.14. The third-order valence-corrected chi connectivity index (χ3v) is 3.33. The molecule has 0 saturated carbocycles. The Morgan fingerprint density at radius 2 is 1.96 bits per heavy atom. The van der Waals surface area contributed by atoms with E-state index in [-0.39, 0.29) is 18.9 Å². The molecule has 0 unspecified atom stereocenters. The van der Waals surface area contributed by atoms with Crippen LogP contribution in [0.4, 0.5) is 0 Å². The summed E-state index contributed by atoms with van der Waals surface area (Å²) in [6.07, 6.45) is 1.85. The van der Waals surface area contributed by atoms with Gasteiger partial charge in [-0.15, -0.1) is 0 Å². The molecule has 7 nitrogen and oxygen atoms in total. The van der Waals surface area contributed by atoms with Crippen molar-refractivity contribution in [2.45, 2.75) is 20.4 Å². The van der Waals surface area contributed by atoms with Gasteiger partial charge in [-0.25, -0.2) is 4.79 Å². The van der Waals surface area contributed by atoms with Gasteiger partial charge < -0.3 is 14.3 Å². The van der Waals surface area contributed by atoms with Crippen molar-refractivity contribution in [3.05, 3.63) is 36.0 Å². The fraction of sp³-hybridized carbons (Fsp3) is 0.353. The van der Waals surface area contributed by atoms with Gasteiger partial charge in [-0.3, -0.25) is 4.68 Å². The van der Waals surface area contributed by atoms with Crippen LogP contribution in [0.15, 0.2) is 35.6 Å². The maximum Gasteiger partial charge on any atom is 0.358 e. The van der Waals surface area contributed by atoms with E-state index >= 15 is 0 Å². The molecule has 0 radical (unpaired) electrons. The van der Waals surface area contributed by atoms with Crippen LogP contribution in [0.3, 0.4) is 0 Å². The second-order valence-corrected chi connectivity index (χ2v) is 5.03. The van der Waals surface area contributed by atoms with Crippen molar-refractivity contribution in [2.24, 2.45) is 5.16 Å². The van der Waals surface area contributed by atoms with Crippen molar-refractivity contribution in [3.63, 3.8) is 0 Å². The Hall–Kier alpha value is -2.83. The third-order valence-electron chi connectivity index (χ3n) is 3.33. The highest BCUT2D eigenvalue weighted by molar-refractivity contribution is 6.36. The number of aryl methyl sites for hydroxylation is 1. The van der Waals surface area contributed by atoms with Crippen LogP contribution in [0.1, 0.15) is 12.5 Å². The van der Waals surface area contributed by atoms with E-state index < -0.39 is 5.97 Å². The minimum absolute atomic E-state index is 0.156. The van der Waals surface area contributed by atoms with Crippen molar-refractivity contribution in [3.8, 4) is 17.0 Å². The minimum Gasteiger partial charge on any atom is -0.497 e. The molecule has 0 bridgehead atoms. The highest BCUT2D eigenvalue weighted by atomic mass is 16.6. The van der Waals surface area contributed by atoms with Crippen molar-refractivity contribution in [1.29, 1.82) is 0 Å². The van der Waals surface area contributed by atoms with Gasteiger partial charge in [0.2, 0.25) is 0 Å². The molecule has 0 aliphatic rings. The number of hydrogen-bond acceptors (Lipinski definition) is 6. The van der Waals surface area contributed by atoms with Crippen molar-refractivity contribution in [2.75, 3.05) is 20.8 Å². The quantitative estimate of drug-likeness (QED) is 0.442. The summed E-state index contributed by atoms with van der Waals surface area (Å²) < 4.78 is 11.8. The van der Waals surface area contributed by atoms with Gasteiger partial charge in [-0.1, -0.05) is 5.16 Å². The monoisotopic (exact) mass is 331 g/mol. The number of hydrogen-bond donors (Lipinski definition) is 0. The first kappa shape index (κ1) is 17.5. The summed E-state index contributed by atoms with van der Waals surface area (Å²) in [4.78, 5) is 16.6. The lowest BCUT2D eigenvalue weighted by Gasteiger charge is -2.05. The van der Waals surface area contributed by atoms with Gasteiger partial charge in [0.05, 0.1) is 26.0 Å². The molecule has 2 aromatic rings. The molecule has 0 aliphatic heterocycles. The Labute approximate surface area is 140 Å². The van der Waals surface area contributed by atoms with Crippen LogP contribution < -0.4 is 4.74 Å². The average molecular weight is 331 g/mol. The zero-order valence-corrected chi connectivity index (χ0v) is 14.3. The third kappa shape index (κ3) is 4.13. The van der Waals surface area contributed by atoms with Crippen LogP contribution in [0.25, 0.3) is 11.3 Å². The molecule has 0 N–H and O–H groups in total. The smallest absolute Gasteiger partial charge is 0.358 e. The number of ether oxygens (including phenoxy) is 2. The van der Waals surface area contributed by atoms with Crippen molar-refractivity contribution >= 4 is 11.7 Å². The summed E-state index contributed by atoms with van der Waals surface area (Å²) in [7, 11) is 3.01. The van der Waals surface area contributed by atoms with Crippen LogP contribution in [0.2, 0.25) is 0 Å². The van der Waals surface area contributed by atoms with E-state index in [1.54, 1.807) is 18.7 Å². The van der Waals surface area contributed by atoms with Crippen molar-refractivity contribution < 1.29 is 19.1 Å². The molecule has 0 atom stereocenters. The number of carbonyl (C=O) groups excluding carboxylic acids is 1. The predicted molar refractivity (Wildman–Crippen MR) is 90.0 cm³/mol. The van der Waals surface area contributed by atoms with Crippen LogP contribution in [0.5, 0.6) is 5.75 Å². The van der Waals surface area contributed by atoms with Gasteiger partial charge in [0.15, 0.2) is 5.71 Å². The van der Waals surface area contributed by atoms with E-state index in [2.05, 4.69) is 10.3 Å². The number of esters is 1. The van der Waals surface area contributed by atoms with E-state index in [9.17, 15) is 4.79 Å². The van der Waals surface area contributed by atoms with Gasteiger partial charge in [0.25, 0.3) is 0 Å². The number of carbonyl (C=O) groups is 1. The maximum atomic E-state index is 11.9. The zero-order valence-electron chi connectivity index (χ0n) is 14.3. The number of methoxy groups -OCH3 is 1. The van der Waals surface area contributed by atoms with Gasteiger partial charge >= 0.3 is 5.97 Å². The van der Waals surface area contributed by atoms with Crippen LogP contribution in [-0.2, 0) is 20.9 Å². The highest BCUT2D eigenvalue weighted by Gasteiger charge is 2.16. The summed E-state index contributed by atoms with van der Waals surface area (Å²) in [5.74, 6) is 0.270. The molecule has 0 spiro atoms. The van der Waals surface area contributed by atoms with Crippen molar-refractivity contribution in [1.82, 2.24) is 9.78 Å². The topological polar surface area (TPSA) is 74.9 Å². The number of rotatable bonds is 7. The lowest BCUT2D eigenvalue weighted by atomic mass is 10.1. The summed E-state index contributed by atoms with van der Waals surface area (Å²) in [6, 6.07) is 7.64. The van der Waals surface area contributed by atoms with E-state index in [1.807, 2.05) is 37.4 Å². The van der Waals surface area contributed by atoms with Gasteiger partial charge in [-0.2, -0.15) is 5.10 Å². The van der Waals surface area contributed by atoms with E-state index in [0.29, 0.717) is 0 Å². The fourth-order valence-corrected chi connectivity index (χ4v) is 2.24. The summed E-state index contributed by atoms with van der Waals surface area (Å²) in [5.41, 5.74) is 2.94. The van der Waals surface area contributed by atoms with Crippen LogP contribution >= 0.6 is 0 Å². The molecular formula is C17H21N3O4. The summed E-state index contributed by atoms with van der Waals surface area (Å²) in [5, 5.41) is 8.27. The molecule has 1 aromatic heterocycles. The Bertz CT molecular complexity index is 720. The number of nitrogens with zero attached hydrogens (tertiary/aromatic N) is 3. The Morgan fingerprint density at radius 1 is 1.25 bits per heavy atom. The lowest BCUT2D eigenvalue weighted by molar-refractivity contribution is -0.135. The number of aromatic nitrogens is 2. The Morgan fingerprint density at radius 3 is 2.54 bits per heavy atom. The fourth-order valence-electron chi connectivity index (χ4n) is 2.24.